The number of rotatable bonds is 7. The largest absolute Gasteiger partial charge is 0.490 e. The lowest BCUT2D eigenvalue weighted by atomic mass is 9.95. The van der Waals surface area contributed by atoms with Crippen LogP contribution < -0.4 is 14.9 Å². The molecule has 0 aliphatic heterocycles. The maximum Gasteiger partial charge on any atom is 0.271 e. The van der Waals surface area contributed by atoms with E-state index in [2.05, 4.69) is 15.5 Å². The number of amides is 1. The molecule has 31 heavy (non-hydrogen) atoms. The molecule has 1 aromatic heterocycles. The Morgan fingerprint density at radius 1 is 1.16 bits per heavy atom. The highest BCUT2D eigenvalue weighted by molar-refractivity contribution is 5.99. The number of ether oxygens (including phenoxy) is 2. The maximum atomic E-state index is 12.6. The molecular weight excluding hydrogens is 390 g/mol. The van der Waals surface area contributed by atoms with Crippen LogP contribution in [0.15, 0.2) is 41.5 Å². The van der Waals surface area contributed by atoms with Crippen LogP contribution in [0.5, 0.6) is 11.5 Å². The first-order valence-electron chi connectivity index (χ1n) is 11.0. The minimum absolute atomic E-state index is 0.0565. The molecular formula is C25H29N3O3. The van der Waals surface area contributed by atoms with Crippen LogP contribution in [-0.2, 0) is 12.8 Å². The molecule has 0 fully saturated rings. The Bertz CT molecular complexity index is 1110. The smallest absolute Gasteiger partial charge is 0.271 e. The average Bonchev–Trinajstić information content (AvgIpc) is 3.13. The number of fused-ring (bicyclic) bond motifs is 3. The Kier molecular flexibility index (Phi) is 6.26. The Labute approximate surface area is 182 Å². The number of hydrogen-bond acceptors (Lipinski definition) is 4. The van der Waals surface area contributed by atoms with Crippen LogP contribution in [0.4, 0.5) is 0 Å². The molecule has 1 amide bonds. The topological polar surface area (TPSA) is 75.7 Å². The van der Waals surface area contributed by atoms with Crippen molar-refractivity contribution in [3.63, 3.8) is 0 Å². The first-order chi connectivity index (χ1) is 15.0. The number of nitrogens with one attached hydrogen (secondary N) is 2. The molecule has 2 aromatic carbocycles. The molecule has 0 unspecified atom stereocenters. The van der Waals surface area contributed by atoms with Crippen molar-refractivity contribution >= 4 is 23.0 Å². The lowest BCUT2D eigenvalue weighted by Gasteiger charge is -2.14. The highest BCUT2D eigenvalue weighted by Crippen LogP contribution is 2.30. The number of hydrazone groups is 1. The van der Waals surface area contributed by atoms with E-state index in [-0.39, 0.29) is 12.0 Å². The van der Waals surface area contributed by atoms with Crippen molar-refractivity contribution < 1.29 is 14.3 Å². The second-order valence-electron chi connectivity index (χ2n) is 8.05. The van der Waals surface area contributed by atoms with Gasteiger partial charge in [-0.2, -0.15) is 5.10 Å². The minimum atomic E-state index is -0.228. The van der Waals surface area contributed by atoms with Gasteiger partial charge in [0.1, 0.15) is 0 Å². The summed E-state index contributed by atoms with van der Waals surface area (Å²) >= 11 is 0. The van der Waals surface area contributed by atoms with Crippen LogP contribution in [0.3, 0.4) is 0 Å². The second-order valence-corrected chi connectivity index (χ2v) is 8.05. The first kappa shape index (κ1) is 21.0. The summed E-state index contributed by atoms with van der Waals surface area (Å²) < 4.78 is 11.5. The summed E-state index contributed by atoms with van der Waals surface area (Å²) in [5, 5.41) is 5.28. The zero-order valence-corrected chi connectivity index (χ0v) is 18.3. The quantitative estimate of drug-likeness (QED) is 0.418. The molecule has 6 nitrogen and oxygen atoms in total. The number of carbonyl (C=O) groups is 1. The van der Waals surface area contributed by atoms with Gasteiger partial charge in [0.05, 0.1) is 18.9 Å². The third kappa shape index (κ3) is 4.74. The molecule has 4 rings (SSSR count). The molecule has 3 aromatic rings. The van der Waals surface area contributed by atoms with E-state index in [4.69, 9.17) is 9.47 Å². The summed E-state index contributed by atoms with van der Waals surface area (Å²) in [4.78, 5) is 16.1. The van der Waals surface area contributed by atoms with E-state index in [1.54, 1.807) is 6.21 Å². The van der Waals surface area contributed by atoms with Crippen LogP contribution >= 0.6 is 0 Å². The zero-order valence-electron chi connectivity index (χ0n) is 18.3. The van der Waals surface area contributed by atoms with Gasteiger partial charge in [-0.3, -0.25) is 4.79 Å². The van der Waals surface area contributed by atoms with Gasteiger partial charge in [0.15, 0.2) is 11.5 Å². The van der Waals surface area contributed by atoms with Gasteiger partial charge in [0.25, 0.3) is 5.91 Å². The molecule has 0 radical (unpaired) electrons. The second kappa shape index (κ2) is 9.25. The van der Waals surface area contributed by atoms with Crippen LogP contribution in [-0.4, -0.2) is 29.8 Å². The number of aryl methyl sites for hydroxylation is 2. The Hall–Kier alpha value is -3.28. The number of hydrogen-bond donors (Lipinski definition) is 2. The Balaban J connectivity index is 1.47. The molecule has 6 heteroatoms. The number of benzene rings is 2. The SMILES string of the molecule is CCOc1cc(/C=N/NC(=O)c2ccc3[nH]c4c(c3c2)CCCC4)ccc1OC(C)C. The molecule has 1 heterocycles. The van der Waals surface area contributed by atoms with Gasteiger partial charge in [-0.1, -0.05) is 0 Å². The zero-order chi connectivity index (χ0) is 21.8. The summed E-state index contributed by atoms with van der Waals surface area (Å²) in [6, 6.07) is 11.4. The predicted octanol–water partition coefficient (Wildman–Crippen LogP) is 5.00. The molecule has 2 N–H and O–H groups in total. The third-order valence-electron chi connectivity index (χ3n) is 5.37. The van der Waals surface area contributed by atoms with E-state index in [9.17, 15) is 4.79 Å². The molecule has 0 atom stereocenters. The predicted molar refractivity (Wildman–Crippen MR) is 123 cm³/mol. The van der Waals surface area contributed by atoms with E-state index < -0.39 is 0 Å². The van der Waals surface area contributed by atoms with Gasteiger partial charge in [-0.15, -0.1) is 0 Å². The molecule has 162 valence electrons. The summed E-state index contributed by atoms with van der Waals surface area (Å²) in [7, 11) is 0. The van der Waals surface area contributed by atoms with Gasteiger partial charge < -0.3 is 14.5 Å². The first-order valence-corrected chi connectivity index (χ1v) is 11.0. The van der Waals surface area contributed by atoms with E-state index in [1.807, 2.05) is 57.2 Å². The number of carbonyl (C=O) groups excluding carboxylic acids is 1. The van der Waals surface area contributed by atoms with Crippen molar-refractivity contribution in [3.8, 4) is 11.5 Å². The third-order valence-corrected chi connectivity index (χ3v) is 5.37. The fraction of sp³-hybridized carbons (Fsp3) is 0.360. The lowest BCUT2D eigenvalue weighted by molar-refractivity contribution is 0.0955. The fourth-order valence-electron chi connectivity index (χ4n) is 4.00. The Morgan fingerprint density at radius 2 is 2.00 bits per heavy atom. The summed E-state index contributed by atoms with van der Waals surface area (Å²) in [6.45, 7) is 6.41. The Morgan fingerprint density at radius 3 is 2.81 bits per heavy atom. The van der Waals surface area contributed by atoms with Gasteiger partial charge in [-0.25, -0.2) is 5.43 Å². The number of aromatic nitrogens is 1. The minimum Gasteiger partial charge on any atom is -0.490 e. The number of H-pyrrole nitrogens is 1. The number of nitrogens with zero attached hydrogens (tertiary/aromatic N) is 1. The normalized spacial score (nSPS) is 13.5. The summed E-state index contributed by atoms with van der Waals surface area (Å²) in [5.74, 6) is 1.13. The highest BCUT2D eigenvalue weighted by Gasteiger charge is 2.16. The summed E-state index contributed by atoms with van der Waals surface area (Å²) in [5.41, 5.74) is 7.81. The molecule has 1 aliphatic carbocycles. The van der Waals surface area contributed by atoms with E-state index in [1.165, 1.54) is 24.1 Å². The number of aromatic amines is 1. The van der Waals surface area contributed by atoms with Gasteiger partial charge in [0, 0.05) is 22.2 Å². The fourth-order valence-corrected chi connectivity index (χ4v) is 4.00. The maximum absolute atomic E-state index is 12.6. The van der Waals surface area contributed by atoms with Crippen molar-refractivity contribution in [3.05, 3.63) is 58.8 Å². The lowest BCUT2D eigenvalue weighted by Crippen LogP contribution is -2.17. The van der Waals surface area contributed by atoms with Crippen LogP contribution in [0, 0.1) is 0 Å². The standard InChI is InChI=1S/C25H29N3O3/c1-4-30-24-13-17(9-12-23(24)31-16(2)3)15-26-28-25(29)18-10-11-22-20(14-18)19-7-5-6-8-21(19)27-22/h9-16,27H,4-8H2,1-3H3,(H,28,29)/b26-15+. The van der Waals surface area contributed by atoms with Crippen molar-refractivity contribution in [2.45, 2.75) is 52.6 Å². The van der Waals surface area contributed by atoms with Crippen molar-refractivity contribution in [1.29, 1.82) is 0 Å². The van der Waals surface area contributed by atoms with Crippen molar-refractivity contribution in [2.24, 2.45) is 5.10 Å². The molecule has 0 bridgehead atoms. The monoisotopic (exact) mass is 419 g/mol. The van der Waals surface area contributed by atoms with Crippen LogP contribution in [0.25, 0.3) is 10.9 Å². The molecule has 1 aliphatic rings. The van der Waals surface area contributed by atoms with Gasteiger partial charge in [0.2, 0.25) is 0 Å². The van der Waals surface area contributed by atoms with Gasteiger partial charge in [-0.05, 0) is 94.0 Å². The van der Waals surface area contributed by atoms with Gasteiger partial charge >= 0.3 is 0 Å². The van der Waals surface area contributed by atoms with E-state index >= 15 is 0 Å². The van der Waals surface area contributed by atoms with Crippen molar-refractivity contribution in [1.82, 2.24) is 10.4 Å². The summed E-state index contributed by atoms with van der Waals surface area (Å²) in [6.07, 6.45) is 6.23. The van der Waals surface area contributed by atoms with E-state index in [0.29, 0.717) is 23.7 Å². The van der Waals surface area contributed by atoms with E-state index in [0.717, 1.165) is 29.3 Å². The molecule has 0 saturated carbocycles. The van der Waals surface area contributed by atoms with Crippen LogP contribution in [0.2, 0.25) is 0 Å². The molecule has 0 saturated heterocycles. The van der Waals surface area contributed by atoms with Crippen molar-refractivity contribution in [2.75, 3.05) is 6.61 Å². The average molecular weight is 420 g/mol. The molecule has 0 spiro atoms. The highest BCUT2D eigenvalue weighted by atomic mass is 16.5. The van der Waals surface area contributed by atoms with Crippen LogP contribution in [0.1, 0.15) is 60.8 Å².